The summed E-state index contributed by atoms with van der Waals surface area (Å²) in [6.07, 6.45) is -0.336. The lowest BCUT2D eigenvalue weighted by atomic mass is 9.12. The molecule has 0 aliphatic carbocycles. The summed E-state index contributed by atoms with van der Waals surface area (Å²) in [6, 6.07) is 14.2. The quantitative estimate of drug-likeness (QED) is 0.0554. The van der Waals surface area contributed by atoms with Crippen LogP contribution < -0.4 is 31.4 Å². The SMILES string of the molecule is Fc1c(F)c(F)c([B-](c2c(F)c(F)c(F)c(F)c2F)(c2c(F)c(F)c(F)c(F)c2F)c2c(F)c(F)c(F)c(F)c2F)c(F)c1F.c1ccc2cc(O[n+]3ccncc3)ccc2c1. The van der Waals surface area contributed by atoms with Crippen molar-refractivity contribution in [2.75, 3.05) is 0 Å². The minimum atomic E-state index is -7.22. The smallest absolute Gasteiger partial charge is 0.241 e. The molecule has 3 nitrogen and oxygen atoms in total. The fourth-order valence-electron chi connectivity index (χ4n) is 6.59. The van der Waals surface area contributed by atoms with Gasteiger partial charge in [0.15, 0.2) is 69.8 Å². The van der Waals surface area contributed by atoms with Gasteiger partial charge in [0.1, 0.15) is 52.7 Å². The summed E-state index contributed by atoms with van der Waals surface area (Å²) >= 11 is 0. The van der Waals surface area contributed by atoms with E-state index in [1.165, 1.54) is 10.8 Å². The molecule has 6 aromatic carbocycles. The van der Waals surface area contributed by atoms with Crippen molar-refractivity contribution in [1.29, 1.82) is 0 Å². The van der Waals surface area contributed by atoms with E-state index < -0.39 is 144 Å². The fourth-order valence-corrected chi connectivity index (χ4v) is 6.59. The van der Waals surface area contributed by atoms with Crippen molar-refractivity contribution in [2.24, 2.45) is 0 Å². The molecule has 1 aromatic heterocycles. The number of nitrogens with zero attached hydrogens (tertiary/aromatic N) is 2. The van der Waals surface area contributed by atoms with Gasteiger partial charge in [0.2, 0.25) is 18.1 Å². The van der Waals surface area contributed by atoms with Crippen LogP contribution in [-0.2, 0) is 0 Å². The minimum absolute atomic E-state index is 0.805. The molecule has 0 radical (unpaired) electrons. The molecule has 24 heteroatoms. The van der Waals surface area contributed by atoms with Crippen LogP contribution in [0, 0.1) is 116 Å². The van der Waals surface area contributed by atoms with Crippen LogP contribution in [0.1, 0.15) is 0 Å². The average Bonchev–Trinajstić information content (AvgIpc) is 3.26. The Kier molecular flexibility index (Phi) is 11.9. The molecule has 7 aromatic rings. The van der Waals surface area contributed by atoms with E-state index in [1.54, 1.807) is 29.5 Å². The standard InChI is InChI=1S/C24BF20.C14H11N2O/c26-5-1(6(27)14(35)21(42)13(5)34)25(2-7(28)15(36)22(43)16(37)8(2)29,3-9(30)17(38)23(44)18(39)10(3)31)4-11(32)19(40)24(45)20(41)12(4)33;1-2-4-13-11-14(6-5-12(13)3-1)17-16-9-7-15-8-10-16/h;1-11H/q-1;+1. The van der Waals surface area contributed by atoms with Crippen LogP contribution in [0.15, 0.2) is 67.3 Å². The van der Waals surface area contributed by atoms with Gasteiger partial charge in [0.25, 0.3) is 0 Å². The lowest BCUT2D eigenvalue weighted by Crippen LogP contribution is -2.81. The first kappa shape index (κ1) is 44.7. The molecule has 322 valence electrons. The maximum Gasteiger partial charge on any atom is 0.241 e. The van der Waals surface area contributed by atoms with Crippen LogP contribution >= 0.6 is 0 Å². The van der Waals surface area contributed by atoms with Crippen LogP contribution in [0.2, 0.25) is 0 Å². The molecular weight excluding hydrogens is 891 g/mol. The molecule has 0 spiro atoms. The van der Waals surface area contributed by atoms with Crippen molar-refractivity contribution in [1.82, 2.24) is 4.98 Å². The van der Waals surface area contributed by atoms with E-state index in [2.05, 4.69) is 17.1 Å². The summed E-state index contributed by atoms with van der Waals surface area (Å²) in [5, 5.41) is 2.37. The molecule has 0 bridgehead atoms. The van der Waals surface area contributed by atoms with Gasteiger partial charge in [-0.2, -0.15) is 0 Å². The third kappa shape index (κ3) is 6.85. The van der Waals surface area contributed by atoms with Gasteiger partial charge in [-0.3, -0.25) is 4.98 Å². The molecule has 0 saturated heterocycles. The number of hydrogen-bond donors (Lipinski definition) is 0. The molecule has 7 rings (SSSR count). The van der Waals surface area contributed by atoms with Gasteiger partial charge in [-0.1, -0.05) is 30.3 Å². The Bertz CT molecular complexity index is 2570. The lowest BCUT2D eigenvalue weighted by molar-refractivity contribution is -0.875. The molecular formula is C38H11BF20N2O. The van der Waals surface area contributed by atoms with Gasteiger partial charge < -0.3 is 0 Å². The van der Waals surface area contributed by atoms with Crippen molar-refractivity contribution in [2.45, 2.75) is 0 Å². The zero-order chi connectivity index (χ0) is 45.9. The predicted octanol–water partition coefficient (Wildman–Crippen LogP) is 8.21. The average molecular weight is 902 g/mol. The molecule has 0 aliphatic rings. The van der Waals surface area contributed by atoms with Gasteiger partial charge >= 0.3 is 0 Å². The van der Waals surface area contributed by atoms with E-state index >= 15 is 35.1 Å². The summed E-state index contributed by atoms with van der Waals surface area (Å²) < 4.78 is 296. The van der Waals surface area contributed by atoms with E-state index in [0.29, 0.717) is 0 Å². The van der Waals surface area contributed by atoms with Gasteiger partial charge in [-0.15, -0.1) is 21.9 Å². The summed E-state index contributed by atoms with van der Waals surface area (Å²) in [4.78, 5) is 9.60. The van der Waals surface area contributed by atoms with E-state index in [4.69, 9.17) is 4.84 Å². The molecule has 0 N–H and O–H groups in total. The molecule has 0 aliphatic heterocycles. The Balaban J connectivity index is 0.000000311. The number of halogens is 20. The second kappa shape index (κ2) is 16.5. The Labute approximate surface area is 330 Å². The van der Waals surface area contributed by atoms with E-state index in [1.807, 2.05) is 30.3 Å². The second-order valence-electron chi connectivity index (χ2n) is 12.5. The van der Waals surface area contributed by atoms with Crippen molar-refractivity contribution >= 4 is 38.8 Å². The predicted molar refractivity (Wildman–Crippen MR) is 174 cm³/mol. The third-order valence-corrected chi connectivity index (χ3v) is 9.24. The van der Waals surface area contributed by atoms with Crippen LogP contribution in [0.4, 0.5) is 87.8 Å². The summed E-state index contributed by atoms with van der Waals surface area (Å²) in [5.41, 5.74) is -14.3. The Morgan fingerprint density at radius 1 is 0.339 bits per heavy atom. The highest BCUT2D eigenvalue weighted by molar-refractivity contribution is 7.20. The number of benzene rings is 6. The minimum Gasteiger partial charge on any atom is -0.252 e. The monoisotopic (exact) mass is 902 g/mol. The summed E-state index contributed by atoms with van der Waals surface area (Å²) in [7, 11) is 0. The van der Waals surface area contributed by atoms with Gasteiger partial charge in [-0.25, -0.2) is 92.6 Å². The second-order valence-corrected chi connectivity index (χ2v) is 12.5. The third-order valence-electron chi connectivity index (χ3n) is 9.24. The normalized spacial score (nSPS) is 11.5. The number of fused-ring (bicyclic) bond motifs is 1. The van der Waals surface area contributed by atoms with Gasteiger partial charge in [0.05, 0.1) is 12.4 Å². The van der Waals surface area contributed by atoms with Crippen LogP contribution in [0.25, 0.3) is 10.8 Å². The van der Waals surface area contributed by atoms with Gasteiger partial charge in [0, 0.05) is 4.73 Å². The zero-order valence-electron chi connectivity index (χ0n) is 29.3. The topological polar surface area (TPSA) is 26.0 Å². The Morgan fingerprint density at radius 3 is 0.919 bits per heavy atom. The Hall–Kier alpha value is -6.88. The first-order chi connectivity index (χ1) is 29.1. The highest BCUT2D eigenvalue weighted by atomic mass is 19.2. The molecule has 62 heavy (non-hydrogen) atoms. The maximum atomic E-state index is 15.4. The number of rotatable bonds is 6. The van der Waals surface area contributed by atoms with E-state index in [0.717, 1.165) is 5.75 Å². The molecule has 0 amide bonds. The van der Waals surface area contributed by atoms with Crippen molar-refractivity contribution < 1.29 is 97.4 Å². The van der Waals surface area contributed by atoms with E-state index in [-0.39, 0.29) is 0 Å². The number of hydrogen-bond acceptors (Lipinski definition) is 2. The van der Waals surface area contributed by atoms with Crippen LogP contribution in [0.5, 0.6) is 5.75 Å². The molecule has 0 fully saturated rings. The van der Waals surface area contributed by atoms with Gasteiger partial charge in [-0.05, 0) is 22.9 Å². The first-order valence-electron chi connectivity index (χ1n) is 16.3. The van der Waals surface area contributed by atoms with Crippen LogP contribution in [-0.4, -0.2) is 11.1 Å². The molecule has 0 unspecified atom stereocenters. The van der Waals surface area contributed by atoms with Crippen LogP contribution in [0.3, 0.4) is 0 Å². The maximum absolute atomic E-state index is 15.4. The highest BCUT2D eigenvalue weighted by Crippen LogP contribution is 2.31. The molecule has 0 saturated carbocycles. The number of aromatic nitrogens is 2. The zero-order valence-corrected chi connectivity index (χ0v) is 29.3. The van der Waals surface area contributed by atoms with Crippen molar-refractivity contribution in [3.63, 3.8) is 0 Å². The highest BCUT2D eigenvalue weighted by Gasteiger charge is 2.52. The van der Waals surface area contributed by atoms with Crippen molar-refractivity contribution in [3.05, 3.63) is 184 Å². The Morgan fingerprint density at radius 2 is 0.613 bits per heavy atom. The van der Waals surface area contributed by atoms with Crippen molar-refractivity contribution in [3.8, 4) is 5.75 Å². The summed E-state index contributed by atoms with van der Waals surface area (Å²) in [6.45, 7) is 0. The lowest BCUT2D eigenvalue weighted by Gasteiger charge is -2.44. The summed E-state index contributed by atoms with van der Waals surface area (Å²) in [5.74, 6) is -70.6. The fraction of sp³-hybridized carbons (Fsp3) is 0. The molecule has 1 heterocycles. The first-order valence-corrected chi connectivity index (χ1v) is 16.3. The van der Waals surface area contributed by atoms with E-state index in [9.17, 15) is 52.7 Å². The molecule has 0 atom stereocenters. The largest absolute Gasteiger partial charge is 0.252 e.